The Morgan fingerprint density at radius 2 is 1.81 bits per heavy atom. The predicted molar refractivity (Wildman–Crippen MR) is 163 cm³/mol. The van der Waals surface area contributed by atoms with Crippen LogP contribution in [0.2, 0.25) is 0 Å². The van der Waals surface area contributed by atoms with Gasteiger partial charge >= 0.3 is 6.09 Å². The second kappa shape index (κ2) is 13.1. The topological polar surface area (TPSA) is 156 Å². The maximum absolute atomic E-state index is 15.5. The molecule has 12 heteroatoms. The van der Waals surface area contributed by atoms with Crippen LogP contribution in [-0.2, 0) is 4.74 Å². The van der Waals surface area contributed by atoms with E-state index in [2.05, 4.69) is 26.7 Å². The highest BCUT2D eigenvalue weighted by molar-refractivity contribution is 6.12. The van der Waals surface area contributed by atoms with Gasteiger partial charge in [0.2, 0.25) is 5.82 Å². The highest BCUT2D eigenvalue weighted by Gasteiger charge is 2.36. The number of benzene rings is 1. The Kier molecular flexibility index (Phi) is 9.53. The summed E-state index contributed by atoms with van der Waals surface area (Å²) in [6.45, 7) is 8.18. The number of amides is 1. The van der Waals surface area contributed by atoms with Gasteiger partial charge in [-0.25, -0.2) is 19.2 Å². The average Bonchev–Trinajstić information content (AvgIpc) is 3.21. The summed E-state index contributed by atoms with van der Waals surface area (Å²) in [5, 5.41) is 26.7. The van der Waals surface area contributed by atoms with Gasteiger partial charge in [-0.1, -0.05) is 18.1 Å². The zero-order valence-electron chi connectivity index (χ0n) is 24.9. The number of rotatable bonds is 5. The maximum atomic E-state index is 15.5. The van der Waals surface area contributed by atoms with Crippen LogP contribution in [0.5, 0.6) is 5.75 Å². The molecule has 0 saturated carbocycles. The summed E-state index contributed by atoms with van der Waals surface area (Å²) in [6.07, 6.45) is 3.55. The van der Waals surface area contributed by atoms with E-state index in [4.69, 9.17) is 21.3 Å². The number of para-hydroxylation sites is 1. The fourth-order valence-corrected chi connectivity index (χ4v) is 4.89. The van der Waals surface area contributed by atoms with E-state index >= 15 is 4.39 Å². The second-order valence-electron chi connectivity index (χ2n) is 11.6. The minimum absolute atomic E-state index is 0.0127. The summed E-state index contributed by atoms with van der Waals surface area (Å²) in [6, 6.07) is 8.35. The Hall–Kier alpha value is -4.66. The van der Waals surface area contributed by atoms with Gasteiger partial charge in [0.25, 0.3) is 0 Å². The number of carbonyl (C=O) groups excluding carboxylic acids is 1. The lowest BCUT2D eigenvalue weighted by atomic mass is 9.94. The second-order valence-corrected chi connectivity index (χ2v) is 11.6. The molecule has 0 atom stereocenters. The molecule has 43 heavy (non-hydrogen) atoms. The van der Waals surface area contributed by atoms with Gasteiger partial charge < -0.3 is 35.7 Å². The molecule has 1 amide bonds. The molecule has 5 N–H and O–H groups in total. The number of nitrogens with zero attached hydrogens (tertiary/aromatic N) is 5. The van der Waals surface area contributed by atoms with E-state index in [0.29, 0.717) is 43.3 Å². The normalized spacial score (nSPS) is 17.4. The molecule has 3 heterocycles. The molecular formula is C31H39FN8O3. The minimum atomic E-state index is -1.75. The third-order valence-corrected chi connectivity index (χ3v) is 7.16. The van der Waals surface area contributed by atoms with Crippen LogP contribution in [0.15, 0.2) is 48.3 Å². The van der Waals surface area contributed by atoms with Crippen LogP contribution in [0, 0.1) is 22.7 Å². The number of phenols is 1. The molecule has 2 saturated heterocycles. The average molecular weight is 591 g/mol. The van der Waals surface area contributed by atoms with Gasteiger partial charge in [-0.05, 0) is 57.4 Å². The number of hydrogen-bond acceptors (Lipinski definition) is 9. The number of halogens is 1. The number of aromatic hydroxyl groups is 1. The number of likely N-dealkylation sites (tertiary alicyclic amines) is 1. The number of nitrogens with two attached hydrogens (primary N) is 1. The number of hydrogen-bond donors (Lipinski definition) is 4. The van der Waals surface area contributed by atoms with Crippen molar-refractivity contribution >= 4 is 23.5 Å². The molecular weight excluding hydrogens is 551 g/mol. The Morgan fingerprint density at radius 3 is 2.49 bits per heavy atom. The van der Waals surface area contributed by atoms with Crippen LogP contribution < -0.4 is 10.6 Å². The molecule has 1 aromatic heterocycles. The summed E-state index contributed by atoms with van der Waals surface area (Å²) in [5.74, 6) is 6.20. The van der Waals surface area contributed by atoms with Crippen LogP contribution in [0.3, 0.4) is 0 Å². The van der Waals surface area contributed by atoms with Crippen molar-refractivity contribution in [2.75, 3.05) is 44.2 Å². The highest BCUT2D eigenvalue weighted by atomic mass is 19.1. The highest BCUT2D eigenvalue weighted by Crippen LogP contribution is 2.27. The fraction of sp³-hybridized carbons (Fsp3) is 0.452. The molecule has 228 valence electrons. The Morgan fingerprint density at radius 1 is 1.09 bits per heavy atom. The standard InChI is InChI=1S/C31H39FN8O3/c1-30(2,3)43-29(42)40-17-12-31(32,13-18-40)11-9-26-36-14-10-27(37-26)39-16-6-15-38(19-20-39)24(28(34)35)21-23(33)22-7-4-5-8-25(22)41/h4-5,7-8,10,14,21,33,41H,6,12-13,15-20H2,1-3H3,(H3,34,35)/b24-21+,33-23?. The van der Waals surface area contributed by atoms with E-state index in [1.165, 1.54) is 17.0 Å². The van der Waals surface area contributed by atoms with Crippen LogP contribution in [0.25, 0.3) is 0 Å². The lowest BCUT2D eigenvalue weighted by Gasteiger charge is -2.34. The molecule has 11 nitrogen and oxygen atoms in total. The van der Waals surface area contributed by atoms with Crippen LogP contribution in [-0.4, -0.2) is 93.1 Å². The molecule has 0 spiro atoms. The number of phenolic OH excluding ortho intramolecular Hbond substituents is 1. The van der Waals surface area contributed by atoms with Crippen molar-refractivity contribution in [3.05, 3.63) is 59.7 Å². The molecule has 1 aromatic carbocycles. The summed E-state index contributed by atoms with van der Waals surface area (Å²) in [4.78, 5) is 26.6. The summed E-state index contributed by atoms with van der Waals surface area (Å²) in [5.41, 5.74) is 4.38. The molecule has 4 rings (SSSR count). The fourth-order valence-electron chi connectivity index (χ4n) is 4.89. The van der Waals surface area contributed by atoms with Crippen LogP contribution in [0.4, 0.5) is 15.0 Å². The minimum Gasteiger partial charge on any atom is -0.507 e. The van der Waals surface area contributed by atoms with Gasteiger partial charge in [0, 0.05) is 63.9 Å². The van der Waals surface area contributed by atoms with E-state index in [0.717, 1.165) is 6.42 Å². The van der Waals surface area contributed by atoms with Gasteiger partial charge in [0.05, 0.1) is 11.4 Å². The number of ether oxygens (including phenoxy) is 1. The molecule has 2 aliphatic heterocycles. The van der Waals surface area contributed by atoms with Crippen molar-refractivity contribution in [3.8, 4) is 17.6 Å². The number of carbonyl (C=O) groups is 1. The summed E-state index contributed by atoms with van der Waals surface area (Å²) in [7, 11) is 0. The number of nitrogens with one attached hydrogen (secondary N) is 2. The van der Waals surface area contributed by atoms with E-state index in [9.17, 15) is 9.90 Å². The number of amidine groups is 1. The van der Waals surface area contributed by atoms with Crippen molar-refractivity contribution in [2.24, 2.45) is 5.73 Å². The van der Waals surface area contributed by atoms with Gasteiger partial charge in [-0.15, -0.1) is 0 Å². The van der Waals surface area contributed by atoms with Crippen molar-refractivity contribution in [1.29, 1.82) is 10.8 Å². The first kappa shape index (κ1) is 31.3. The third-order valence-electron chi connectivity index (χ3n) is 7.16. The first-order chi connectivity index (χ1) is 20.3. The lowest BCUT2D eigenvalue weighted by Crippen LogP contribution is -2.45. The van der Waals surface area contributed by atoms with Gasteiger partial charge in [0.1, 0.15) is 23.0 Å². The van der Waals surface area contributed by atoms with Crippen molar-refractivity contribution in [1.82, 2.24) is 19.8 Å². The quantitative estimate of drug-likeness (QED) is 0.234. The van der Waals surface area contributed by atoms with E-state index in [1.54, 1.807) is 51.2 Å². The SMILES string of the molecule is CC(C)(C)OC(=O)N1CCC(F)(C#Cc2nccc(N3CCCN(/C(=C/C(=N)c4ccccc4O)C(=N)N)CC3)n2)CC1. The van der Waals surface area contributed by atoms with E-state index in [-0.39, 0.29) is 49.1 Å². The molecule has 2 fully saturated rings. The number of anilines is 1. The maximum Gasteiger partial charge on any atom is 0.410 e. The number of aromatic nitrogens is 2. The van der Waals surface area contributed by atoms with Gasteiger partial charge in [-0.3, -0.25) is 5.41 Å². The van der Waals surface area contributed by atoms with Gasteiger partial charge in [0.15, 0.2) is 5.67 Å². The molecule has 0 unspecified atom stereocenters. The molecule has 0 aliphatic carbocycles. The molecule has 2 aromatic rings. The first-order valence-electron chi connectivity index (χ1n) is 14.3. The largest absolute Gasteiger partial charge is 0.507 e. The predicted octanol–water partition coefficient (Wildman–Crippen LogP) is 3.67. The van der Waals surface area contributed by atoms with Crippen molar-refractivity contribution in [3.63, 3.8) is 0 Å². The van der Waals surface area contributed by atoms with E-state index in [1.807, 2.05) is 4.90 Å². The lowest BCUT2D eigenvalue weighted by molar-refractivity contribution is 0.0117. The summed E-state index contributed by atoms with van der Waals surface area (Å²) >= 11 is 0. The van der Waals surface area contributed by atoms with Crippen molar-refractivity contribution < 1.29 is 19.0 Å². The monoisotopic (exact) mass is 590 g/mol. The first-order valence-corrected chi connectivity index (χ1v) is 14.3. The zero-order valence-corrected chi connectivity index (χ0v) is 24.9. The van der Waals surface area contributed by atoms with Crippen LogP contribution in [0.1, 0.15) is 51.4 Å². The Balaban J connectivity index is 1.40. The molecule has 0 bridgehead atoms. The molecule has 2 aliphatic rings. The van der Waals surface area contributed by atoms with Crippen LogP contribution >= 0.6 is 0 Å². The van der Waals surface area contributed by atoms with Gasteiger partial charge in [-0.2, -0.15) is 0 Å². The Bertz CT molecular complexity index is 1450. The third kappa shape index (κ3) is 8.44. The smallest absolute Gasteiger partial charge is 0.410 e. The molecule has 0 radical (unpaired) electrons. The number of alkyl halides is 1. The zero-order chi connectivity index (χ0) is 31.2. The van der Waals surface area contributed by atoms with E-state index < -0.39 is 17.4 Å². The summed E-state index contributed by atoms with van der Waals surface area (Å²) < 4.78 is 20.8. The number of piperidine rings is 1. The Labute approximate surface area is 251 Å². The number of allylic oxidation sites excluding steroid dienone is 1. The van der Waals surface area contributed by atoms with Crippen molar-refractivity contribution in [2.45, 2.75) is 51.3 Å².